The van der Waals surface area contributed by atoms with Gasteiger partial charge >= 0.3 is 0 Å². The van der Waals surface area contributed by atoms with Gasteiger partial charge in [-0.2, -0.15) is 0 Å². The molecule has 1 radical (unpaired) electrons. The van der Waals surface area contributed by atoms with Crippen molar-refractivity contribution in [3.63, 3.8) is 0 Å². The number of rotatable bonds is 2. The summed E-state index contributed by atoms with van der Waals surface area (Å²) in [4.78, 5) is 4.92. The van der Waals surface area contributed by atoms with Gasteiger partial charge in [-0.3, -0.25) is 0 Å². The molecule has 0 bridgehead atoms. The van der Waals surface area contributed by atoms with Gasteiger partial charge in [-0.25, -0.2) is 0 Å². The van der Waals surface area contributed by atoms with E-state index in [4.69, 9.17) is 4.98 Å². The van der Waals surface area contributed by atoms with E-state index in [1.54, 1.807) is 0 Å². The van der Waals surface area contributed by atoms with Crippen LogP contribution in [0.25, 0.3) is 33.5 Å². The van der Waals surface area contributed by atoms with Crippen LogP contribution in [0, 0.1) is 6.07 Å². The minimum Gasteiger partial charge on any atom is -0.304 e. The number of nitrogens with zero attached hydrogens (tertiary/aromatic N) is 1. The summed E-state index contributed by atoms with van der Waals surface area (Å²) in [6.07, 6.45) is 2.03. The van der Waals surface area contributed by atoms with Gasteiger partial charge in [0, 0.05) is 26.3 Å². The van der Waals surface area contributed by atoms with Crippen LogP contribution in [0.4, 0.5) is 0 Å². The third-order valence-electron chi connectivity index (χ3n) is 8.49. The average molecular weight is 707 g/mol. The van der Waals surface area contributed by atoms with Crippen molar-refractivity contribution in [3.8, 4) is 33.5 Å². The summed E-state index contributed by atoms with van der Waals surface area (Å²) in [6.45, 7) is 25.2. The molecule has 1 aromatic heterocycles. The molecule has 0 aliphatic heterocycles. The zero-order valence-corrected chi connectivity index (χ0v) is 28.5. The normalized spacial score (nSPS) is 14.4. The number of fused-ring (bicyclic) bond motifs is 3. The standard InChI is InChI=1S/C38H44N.Ir/c1-35(2,3)26-16-18-33(39-23-26)31-14-12-13-30-29-17-15-24(21-32(29)38(10,11)34(30)31)25-19-27(36(4,5)6)22-28(20-25)37(7,8)9;/h12-13,15-23H,1-11H3;/q-1;. The Hall–Kier alpha value is -2.54. The zero-order valence-electron chi connectivity index (χ0n) is 26.1. The maximum Gasteiger partial charge on any atom is 0.0198 e. The number of benzene rings is 3. The molecule has 5 rings (SSSR count). The van der Waals surface area contributed by atoms with Crippen molar-refractivity contribution < 1.29 is 20.1 Å². The van der Waals surface area contributed by atoms with Crippen LogP contribution < -0.4 is 0 Å². The molecule has 1 aliphatic rings. The Labute approximate surface area is 256 Å². The predicted molar refractivity (Wildman–Crippen MR) is 168 cm³/mol. The van der Waals surface area contributed by atoms with Crippen molar-refractivity contribution in [2.45, 2.75) is 97.8 Å². The zero-order chi connectivity index (χ0) is 28.5. The second-order valence-electron chi connectivity index (χ2n) is 15.0. The van der Waals surface area contributed by atoms with Crippen molar-refractivity contribution in [2.24, 2.45) is 0 Å². The van der Waals surface area contributed by atoms with E-state index in [0.29, 0.717) is 0 Å². The van der Waals surface area contributed by atoms with E-state index in [-0.39, 0.29) is 41.8 Å². The maximum absolute atomic E-state index is 4.92. The first kappa shape index (κ1) is 30.4. The molecule has 4 aromatic rings. The Morgan fingerprint density at radius 1 is 0.625 bits per heavy atom. The quantitative estimate of drug-likeness (QED) is 0.189. The first-order chi connectivity index (χ1) is 18.0. The molecule has 0 atom stereocenters. The van der Waals surface area contributed by atoms with Crippen molar-refractivity contribution in [1.82, 2.24) is 4.98 Å². The molecule has 211 valence electrons. The van der Waals surface area contributed by atoms with Crippen LogP contribution in [-0.2, 0) is 41.8 Å². The Morgan fingerprint density at radius 3 is 1.75 bits per heavy atom. The van der Waals surface area contributed by atoms with Gasteiger partial charge in [0.25, 0.3) is 0 Å². The summed E-state index contributed by atoms with van der Waals surface area (Å²) in [5.74, 6) is 0. The van der Waals surface area contributed by atoms with Crippen LogP contribution in [-0.4, -0.2) is 4.98 Å². The van der Waals surface area contributed by atoms with Gasteiger partial charge in [-0.15, -0.1) is 29.3 Å². The van der Waals surface area contributed by atoms with E-state index >= 15 is 0 Å². The van der Waals surface area contributed by atoms with Gasteiger partial charge < -0.3 is 4.98 Å². The Kier molecular flexibility index (Phi) is 7.66. The summed E-state index contributed by atoms with van der Waals surface area (Å²) in [6, 6.07) is 26.5. The van der Waals surface area contributed by atoms with Gasteiger partial charge in [-0.1, -0.05) is 130 Å². The van der Waals surface area contributed by atoms with Crippen LogP contribution >= 0.6 is 0 Å². The van der Waals surface area contributed by atoms with Crippen LogP contribution in [0.1, 0.15) is 104 Å². The van der Waals surface area contributed by atoms with E-state index in [0.717, 1.165) is 11.3 Å². The fraction of sp³-hybridized carbons (Fsp3) is 0.395. The molecule has 1 nitrogen and oxygen atoms in total. The van der Waals surface area contributed by atoms with Crippen LogP contribution in [0.2, 0.25) is 0 Å². The summed E-state index contributed by atoms with van der Waals surface area (Å²) in [5.41, 5.74) is 14.1. The Balaban J connectivity index is 0.00000370. The van der Waals surface area contributed by atoms with Crippen molar-refractivity contribution in [1.29, 1.82) is 0 Å². The monoisotopic (exact) mass is 707 g/mol. The minimum atomic E-state index is -0.160. The van der Waals surface area contributed by atoms with Crippen LogP contribution in [0.5, 0.6) is 0 Å². The molecule has 2 heteroatoms. The Morgan fingerprint density at radius 2 is 1.23 bits per heavy atom. The van der Waals surface area contributed by atoms with Crippen molar-refractivity contribution >= 4 is 0 Å². The second-order valence-corrected chi connectivity index (χ2v) is 15.0. The van der Waals surface area contributed by atoms with Crippen molar-refractivity contribution in [2.75, 3.05) is 0 Å². The molecular formula is C38H44IrN-. The topological polar surface area (TPSA) is 12.9 Å². The summed E-state index contributed by atoms with van der Waals surface area (Å²) in [5, 5.41) is 0. The largest absolute Gasteiger partial charge is 0.304 e. The summed E-state index contributed by atoms with van der Waals surface area (Å²) < 4.78 is 0. The molecule has 3 aromatic carbocycles. The van der Waals surface area contributed by atoms with Crippen LogP contribution in [0.3, 0.4) is 0 Å². The van der Waals surface area contributed by atoms with Gasteiger partial charge in [0.15, 0.2) is 0 Å². The molecule has 0 amide bonds. The van der Waals surface area contributed by atoms with Gasteiger partial charge in [0.1, 0.15) is 0 Å². The van der Waals surface area contributed by atoms with E-state index in [1.165, 1.54) is 50.1 Å². The molecule has 1 aliphatic carbocycles. The maximum atomic E-state index is 4.92. The van der Waals surface area contributed by atoms with Crippen LogP contribution in [0.15, 0.2) is 66.9 Å². The molecule has 0 unspecified atom stereocenters. The molecule has 0 saturated carbocycles. The van der Waals surface area contributed by atoms with Crippen molar-refractivity contribution in [3.05, 3.63) is 101 Å². The molecule has 0 spiro atoms. The average Bonchev–Trinajstić information content (AvgIpc) is 3.09. The van der Waals surface area contributed by atoms with Gasteiger partial charge in [0.2, 0.25) is 0 Å². The first-order valence-corrected chi connectivity index (χ1v) is 14.3. The summed E-state index contributed by atoms with van der Waals surface area (Å²) in [7, 11) is 0. The molecule has 0 saturated heterocycles. The molecule has 0 N–H and O–H groups in total. The fourth-order valence-corrected chi connectivity index (χ4v) is 5.83. The smallest absolute Gasteiger partial charge is 0.0198 e. The minimum absolute atomic E-state index is 0. The second kappa shape index (κ2) is 10.1. The molecular weight excluding hydrogens is 663 g/mol. The Bertz CT molecular complexity index is 1520. The predicted octanol–water partition coefficient (Wildman–Crippen LogP) is 10.4. The third-order valence-corrected chi connectivity index (χ3v) is 8.49. The number of hydrogen-bond acceptors (Lipinski definition) is 1. The van der Waals surface area contributed by atoms with E-state index in [9.17, 15) is 0 Å². The fourth-order valence-electron chi connectivity index (χ4n) is 5.83. The van der Waals surface area contributed by atoms with Gasteiger partial charge in [0.05, 0.1) is 0 Å². The van der Waals surface area contributed by atoms with E-state index in [1.807, 2.05) is 6.20 Å². The SMILES string of the molecule is CC(C)(C)c1ccc(-c2[c-]ccc3c2C(C)(C)c2cc(-c4cc(C(C)(C)C)cc(C(C)(C)C)c4)ccc2-3)nc1.[Ir]. The van der Waals surface area contributed by atoms with Gasteiger partial charge in [-0.05, 0) is 66.3 Å². The molecule has 0 fully saturated rings. The third kappa shape index (κ3) is 5.38. The number of aromatic nitrogens is 1. The van der Waals surface area contributed by atoms with E-state index in [2.05, 4.69) is 143 Å². The summed E-state index contributed by atoms with van der Waals surface area (Å²) >= 11 is 0. The van der Waals surface area contributed by atoms with E-state index < -0.39 is 0 Å². The molecule has 40 heavy (non-hydrogen) atoms. The first-order valence-electron chi connectivity index (χ1n) is 14.3. The molecule has 1 heterocycles. The number of hydrogen-bond donors (Lipinski definition) is 0. The number of pyridine rings is 1.